The van der Waals surface area contributed by atoms with E-state index in [1.54, 1.807) is 17.6 Å². The molecule has 0 aliphatic carbocycles. The summed E-state index contributed by atoms with van der Waals surface area (Å²) in [7, 11) is 1.50. The highest BCUT2D eigenvalue weighted by Gasteiger charge is 2.28. The van der Waals surface area contributed by atoms with Crippen molar-refractivity contribution in [3.63, 3.8) is 0 Å². The fraction of sp³-hybridized carbons (Fsp3) is 0.364. The monoisotopic (exact) mass is 263 g/mol. The van der Waals surface area contributed by atoms with Crippen LogP contribution in [0.3, 0.4) is 0 Å². The van der Waals surface area contributed by atoms with Crippen molar-refractivity contribution < 1.29 is 27.5 Å². The number of nitrogens with one attached hydrogen (secondary N) is 1. The van der Waals surface area contributed by atoms with E-state index in [9.17, 15) is 18.0 Å². The molecule has 7 heteroatoms. The van der Waals surface area contributed by atoms with Crippen LogP contribution in [0.1, 0.15) is 15.9 Å². The fourth-order valence-corrected chi connectivity index (χ4v) is 1.21. The van der Waals surface area contributed by atoms with Crippen LogP contribution in [0.5, 0.6) is 0 Å². The molecule has 0 saturated carbocycles. The molecule has 0 aliphatic rings. The standard InChI is InChI=1S/C11H12F3NO3/c1-17-6-8-3-2-4-9(5-8)10(16)15-18-7-11(12,13)14/h2-5H,6-7H2,1H3,(H,15,16). The number of hydrogen-bond acceptors (Lipinski definition) is 3. The van der Waals surface area contributed by atoms with E-state index < -0.39 is 18.7 Å². The van der Waals surface area contributed by atoms with Crippen molar-refractivity contribution >= 4 is 5.91 Å². The van der Waals surface area contributed by atoms with Gasteiger partial charge in [-0.2, -0.15) is 13.2 Å². The van der Waals surface area contributed by atoms with Crippen LogP contribution in [0.25, 0.3) is 0 Å². The summed E-state index contributed by atoms with van der Waals surface area (Å²) in [5.41, 5.74) is 2.66. The number of carbonyl (C=O) groups excluding carboxylic acids is 1. The quantitative estimate of drug-likeness (QED) is 0.827. The van der Waals surface area contributed by atoms with E-state index in [0.29, 0.717) is 6.61 Å². The zero-order valence-corrected chi connectivity index (χ0v) is 9.58. The van der Waals surface area contributed by atoms with Gasteiger partial charge in [0.2, 0.25) is 0 Å². The Kier molecular flexibility index (Phi) is 5.11. The third-order valence-electron chi connectivity index (χ3n) is 1.90. The summed E-state index contributed by atoms with van der Waals surface area (Å²) in [6.45, 7) is -1.22. The Morgan fingerprint density at radius 2 is 2.11 bits per heavy atom. The van der Waals surface area contributed by atoms with Crippen LogP contribution in [0.15, 0.2) is 24.3 Å². The van der Waals surface area contributed by atoms with E-state index in [1.807, 2.05) is 0 Å². The van der Waals surface area contributed by atoms with Crippen molar-refractivity contribution in [2.75, 3.05) is 13.7 Å². The molecule has 1 amide bonds. The van der Waals surface area contributed by atoms with E-state index in [2.05, 4.69) is 4.84 Å². The van der Waals surface area contributed by atoms with E-state index in [-0.39, 0.29) is 5.56 Å². The topological polar surface area (TPSA) is 47.6 Å². The van der Waals surface area contributed by atoms with Crippen LogP contribution >= 0.6 is 0 Å². The van der Waals surface area contributed by atoms with Gasteiger partial charge in [0.15, 0.2) is 6.61 Å². The Balaban J connectivity index is 2.53. The molecule has 1 aromatic rings. The van der Waals surface area contributed by atoms with Crippen LogP contribution in [-0.2, 0) is 16.2 Å². The number of amides is 1. The summed E-state index contributed by atoms with van der Waals surface area (Å²) in [6.07, 6.45) is -4.48. The first-order valence-electron chi connectivity index (χ1n) is 4.99. The number of methoxy groups -OCH3 is 1. The third-order valence-corrected chi connectivity index (χ3v) is 1.90. The lowest BCUT2D eigenvalue weighted by Crippen LogP contribution is -2.29. The maximum Gasteiger partial charge on any atom is 0.414 e. The van der Waals surface area contributed by atoms with Crippen molar-refractivity contribution in [1.82, 2.24) is 5.48 Å². The van der Waals surface area contributed by atoms with Crippen LogP contribution < -0.4 is 5.48 Å². The molecule has 0 bridgehead atoms. The summed E-state index contributed by atoms with van der Waals surface area (Å²) >= 11 is 0. The molecule has 0 heterocycles. The SMILES string of the molecule is COCc1cccc(C(=O)NOCC(F)(F)F)c1. The van der Waals surface area contributed by atoms with Gasteiger partial charge in [0.1, 0.15) is 0 Å². The lowest BCUT2D eigenvalue weighted by Gasteiger charge is -2.09. The average Bonchev–Trinajstić information content (AvgIpc) is 2.28. The van der Waals surface area contributed by atoms with Gasteiger partial charge in [-0.25, -0.2) is 5.48 Å². The minimum absolute atomic E-state index is 0.201. The molecular weight excluding hydrogens is 251 g/mol. The summed E-state index contributed by atoms with van der Waals surface area (Å²) in [6, 6.07) is 6.31. The molecule has 18 heavy (non-hydrogen) atoms. The number of hydroxylamine groups is 1. The Morgan fingerprint density at radius 1 is 1.39 bits per heavy atom. The Morgan fingerprint density at radius 3 is 2.72 bits per heavy atom. The molecule has 4 nitrogen and oxygen atoms in total. The number of benzene rings is 1. The molecule has 100 valence electrons. The molecule has 0 aliphatic heterocycles. The van der Waals surface area contributed by atoms with Crippen molar-refractivity contribution in [3.8, 4) is 0 Å². The van der Waals surface area contributed by atoms with Gasteiger partial charge in [0.25, 0.3) is 5.91 Å². The van der Waals surface area contributed by atoms with Crippen LogP contribution in [0.2, 0.25) is 0 Å². The predicted molar refractivity (Wildman–Crippen MR) is 56.6 cm³/mol. The number of rotatable bonds is 5. The van der Waals surface area contributed by atoms with Gasteiger partial charge in [-0.05, 0) is 17.7 Å². The average molecular weight is 263 g/mol. The molecule has 0 fully saturated rings. The fourth-order valence-electron chi connectivity index (χ4n) is 1.21. The number of hydrogen-bond donors (Lipinski definition) is 1. The Bertz CT molecular complexity index is 407. The summed E-state index contributed by atoms with van der Waals surface area (Å²) in [5.74, 6) is -0.739. The highest BCUT2D eigenvalue weighted by molar-refractivity contribution is 5.93. The molecule has 0 aromatic heterocycles. The summed E-state index contributed by atoms with van der Waals surface area (Å²) in [5, 5.41) is 0. The minimum Gasteiger partial charge on any atom is -0.380 e. The third kappa shape index (κ3) is 5.15. The van der Waals surface area contributed by atoms with Crippen molar-refractivity contribution in [3.05, 3.63) is 35.4 Å². The smallest absolute Gasteiger partial charge is 0.380 e. The summed E-state index contributed by atoms with van der Waals surface area (Å²) in [4.78, 5) is 15.5. The predicted octanol–water partition coefficient (Wildman–Crippen LogP) is 2.06. The molecule has 0 saturated heterocycles. The first-order chi connectivity index (χ1) is 8.42. The molecule has 1 rings (SSSR count). The normalized spacial score (nSPS) is 11.3. The van der Waals surface area contributed by atoms with Gasteiger partial charge >= 0.3 is 6.18 Å². The van der Waals surface area contributed by atoms with Gasteiger partial charge in [-0.1, -0.05) is 12.1 Å². The van der Waals surface area contributed by atoms with E-state index in [4.69, 9.17) is 4.74 Å². The number of carbonyl (C=O) groups is 1. The largest absolute Gasteiger partial charge is 0.414 e. The maximum absolute atomic E-state index is 11.8. The van der Waals surface area contributed by atoms with E-state index in [0.717, 1.165) is 5.56 Å². The number of halogens is 3. The molecule has 1 N–H and O–H groups in total. The zero-order chi connectivity index (χ0) is 13.6. The highest BCUT2D eigenvalue weighted by atomic mass is 19.4. The Hall–Kier alpha value is -1.60. The molecule has 1 aromatic carbocycles. The van der Waals surface area contributed by atoms with Crippen LogP contribution in [-0.4, -0.2) is 25.8 Å². The second-order valence-corrected chi connectivity index (χ2v) is 3.47. The van der Waals surface area contributed by atoms with E-state index in [1.165, 1.54) is 19.2 Å². The molecule has 0 radical (unpaired) electrons. The molecule has 0 unspecified atom stereocenters. The van der Waals surface area contributed by atoms with Crippen LogP contribution in [0.4, 0.5) is 13.2 Å². The van der Waals surface area contributed by atoms with Gasteiger partial charge in [-0.3, -0.25) is 9.63 Å². The second-order valence-electron chi connectivity index (χ2n) is 3.47. The first kappa shape index (κ1) is 14.5. The first-order valence-corrected chi connectivity index (χ1v) is 4.99. The zero-order valence-electron chi connectivity index (χ0n) is 9.58. The van der Waals surface area contributed by atoms with Gasteiger partial charge < -0.3 is 4.74 Å². The molecular formula is C11H12F3NO3. The lowest BCUT2D eigenvalue weighted by atomic mass is 10.1. The van der Waals surface area contributed by atoms with Crippen molar-refractivity contribution in [2.45, 2.75) is 12.8 Å². The maximum atomic E-state index is 11.8. The minimum atomic E-state index is -4.48. The van der Waals surface area contributed by atoms with Gasteiger partial charge in [0.05, 0.1) is 6.61 Å². The number of ether oxygens (including phenoxy) is 1. The van der Waals surface area contributed by atoms with Crippen molar-refractivity contribution in [2.24, 2.45) is 0 Å². The molecule has 0 atom stereocenters. The van der Waals surface area contributed by atoms with Crippen LogP contribution in [0, 0.1) is 0 Å². The number of alkyl halides is 3. The lowest BCUT2D eigenvalue weighted by molar-refractivity contribution is -0.184. The highest BCUT2D eigenvalue weighted by Crippen LogP contribution is 2.13. The second kappa shape index (κ2) is 6.36. The summed E-state index contributed by atoms with van der Waals surface area (Å²) < 4.78 is 40.2. The van der Waals surface area contributed by atoms with Gasteiger partial charge in [-0.15, -0.1) is 0 Å². The Labute approximate surface area is 102 Å². The van der Waals surface area contributed by atoms with Gasteiger partial charge in [0, 0.05) is 12.7 Å². The van der Waals surface area contributed by atoms with Crippen molar-refractivity contribution in [1.29, 1.82) is 0 Å². The molecule has 0 spiro atoms. The van der Waals surface area contributed by atoms with E-state index >= 15 is 0 Å².